The van der Waals surface area contributed by atoms with Crippen LogP contribution in [-0.2, 0) is 10.0 Å². The maximum atomic E-state index is 12.9. The molecule has 2 aromatic carbocycles. The Hall–Kier alpha value is -2.20. The number of amides is 1. The summed E-state index contributed by atoms with van der Waals surface area (Å²) in [5.74, 6) is -0.383. The molecule has 29 heavy (non-hydrogen) atoms. The molecule has 0 bridgehead atoms. The van der Waals surface area contributed by atoms with Crippen LogP contribution >= 0.6 is 23.2 Å². The van der Waals surface area contributed by atoms with Gasteiger partial charge >= 0.3 is 0 Å². The van der Waals surface area contributed by atoms with Crippen molar-refractivity contribution < 1.29 is 18.1 Å². The fourth-order valence-corrected chi connectivity index (χ4v) is 5.23. The molecule has 0 atom stereocenters. The standard InChI is InChI=1S/C18H17Cl2N3O5S/c1-12-5-6-13(11-15(12)23(25)26)18(24)21-7-9-22(10-8-21)29(27,28)16-4-2-3-14(19)17(16)20/h2-6,11H,7-10H2,1H3. The minimum absolute atomic E-state index is 0.0420. The van der Waals surface area contributed by atoms with Crippen molar-refractivity contribution in [3.05, 3.63) is 67.7 Å². The largest absolute Gasteiger partial charge is 0.336 e. The zero-order valence-electron chi connectivity index (χ0n) is 15.3. The summed E-state index contributed by atoms with van der Waals surface area (Å²) in [6.45, 7) is 2.04. The molecule has 1 heterocycles. The first-order valence-corrected chi connectivity index (χ1v) is 10.8. The maximum absolute atomic E-state index is 12.9. The first-order chi connectivity index (χ1) is 13.6. The number of hydrogen-bond acceptors (Lipinski definition) is 5. The third kappa shape index (κ3) is 4.23. The fourth-order valence-electron chi connectivity index (χ4n) is 3.08. The van der Waals surface area contributed by atoms with E-state index >= 15 is 0 Å². The Morgan fingerprint density at radius 2 is 1.76 bits per heavy atom. The van der Waals surface area contributed by atoms with E-state index in [0.29, 0.717) is 5.56 Å². The molecule has 3 rings (SSSR count). The Morgan fingerprint density at radius 1 is 1.10 bits per heavy atom. The third-order valence-electron chi connectivity index (χ3n) is 4.71. The number of nitrogens with zero attached hydrogens (tertiary/aromatic N) is 3. The van der Waals surface area contributed by atoms with Gasteiger partial charge in [-0.1, -0.05) is 35.3 Å². The van der Waals surface area contributed by atoms with Crippen molar-refractivity contribution in [1.29, 1.82) is 0 Å². The van der Waals surface area contributed by atoms with Crippen LogP contribution < -0.4 is 0 Å². The molecule has 1 aliphatic heterocycles. The molecule has 8 nitrogen and oxygen atoms in total. The molecule has 0 aromatic heterocycles. The number of rotatable bonds is 4. The Bertz CT molecular complexity index is 1080. The van der Waals surface area contributed by atoms with Crippen LogP contribution in [0, 0.1) is 17.0 Å². The summed E-state index contributed by atoms with van der Waals surface area (Å²) in [5.41, 5.74) is 0.519. The Labute approximate surface area is 177 Å². The highest BCUT2D eigenvalue weighted by molar-refractivity contribution is 7.89. The third-order valence-corrected chi connectivity index (χ3v) is 7.58. The summed E-state index contributed by atoms with van der Waals surface area (Å²) in [5, 5.41) is 11.2. The maximum Gasteiger partial charge on any atom is 0.273 e. The van der Waals surface area contributed by atoms with Gasteiger partial charge in [-0.25, -0.2) is 8.42 Å². The molecule has 1 saturated heterocycles. The second-order valence-corrected chi connectivity index (χ2v) is 9.20. The van der Waals surface area contributed by atoms with Gasteiger partial charge in [-0.2, -0.15) is 4.31 Å². The van der Waals surface area contributed by atoms with Gasteiger partial charge in [0.15, 0.2) is 0 Å². The summed E-state index contributed by atoms with van der Waals surface area (Å²) in [4.78, 5) is 24.7. The summed E-state index contributed by atoms with van der Waals surface area (Å²) in [6.07, 6.45) is 0. The number of hydrogen-bond donors (Lipinski definition) is 0. The van der Waals surface area contributed by atoms with E-state index in [4.69, 9.17) is 23.2 Å². The Balaban J connectivity index is 1.75. The topological polar surface area (TPSA) is 101 Å². The number of carbonyl (C=O) groups is 1. The predicted octanol–water partition coefficient (Wildman–Crippen LogP) is 3.36. The van der Waals surface area contributed by atoms with Gasteiger partial charge in [-0.15, -0.1) is 0 Å². The van der Waals surface area contributed by atoms with Crippen LogP contribution in [0.4, 0.5) is 5.69 Å². The van der Waals surface area contributed by atoms with Gasteiger partial charge in [-0.05, 0) is 25.1 Å². The summed E-state index contributed by atoms with van der Waals surface area (Å²) >= 11 is 12.0. The fraction of sp³-hybridized carbons (Fsp3) is 0.278. The van der Waals surface area contributed by atoms with Crippen LogP contribution in [0.5, 0.6) is 0 Å². The summed E-state index contributed by atoms with van der Waals surface area (Å²) < 4.78 is 27.0. The van der Waals surface area contributed by atoms with Crippen LogP contribution in [0.2, 0.25) is 10.0 Å². The van der Waals surface area contributed by atoms with Crippen LogP contribution in [0.25, 0.3) is 0 Å². The molecule has 0 N–H and O–H groups in total. The molecule has 0 aliphatic carbocycles. The lowest BCUT2D eigenvalue weighted by molar-refractivity contribution is -0.385. The van der Waals surface area contributed by atoms with Gasteiger partial charge < -0.3 is 4.90 Å². The van der Waals surface area contributed by atoms with E-state index in [-0.39, 0.29) is 58.3 Å². The minimum atomic E-state index is -3.86. The number of carbonyl (C=O) groups excluding carboxylic acids is 1. The lowest BCUT2D eigenvalue weighted by Crippen LogP contribution is -2.50. The van der Waals surface area contributed by atoms with E-state index in [1.54, 1.807) is 6.92 Å². The van der Waals surface area contributed by atoms with Gasteiger partial charge in [-0.3, -0.25) is 14.9 Å². The van der Waals surface area contributed by atoms with Gasteiger partial charge in [0.25, 0.3) is 11.6 Å². The molecule has 0 unspecified atom stereocenters. The molecule has 2 aromatic rings. The first kappa shape index (κ1) is 21.5. The van der Waals surface area contributed by atoms with E-state index in [1.165, 1.54) is 45.6 Å². The Kier molecular flexibility index (Phi) is 6.13. The summed E-state index contributed by atoms with van der Waals surface area (Å²) in [7, 11) is -3.86. The van der Waals surface area contributed by atoms with Gasteiger partial charge in [0.1, 0.15) is 4.90 Å². The highest BCUT2D eigenvalue weighted by Crippen LogP contribution is 2.31. The van der Waals surface area contributed by atoms with Gasteiger partial charge in [0, 0.05) is 43.4 Å². The minimum Gasteiger partial charge on any atom is -0.336 e. The molecular formula is C18H17Cl2N3O5S. The number of piperazine rings is 1. The van der Waals surface area contributed by atoms with Gasteiger partial charge in [0.2, 0.25) is 10.0 Å². The molecule has 154 valence electrons. The number of benzene rings is 2. The number of aryl methyl sites for hydroxylation is 1. The molecule has 0 radical (unpaired) electrons. The van der Waals surface area contributed by atoms with Crippen LogP contribution in [0.15, 0.2) is 41.3 Å². The normalized spacial score (nSPS) is 15.3. The molecule has 0 saturated carbocycles. The lowest BCUT2D eigenvalue weighted by Gasteiger charge is -2.34. The number of sulfonamides is 1. The monoisotopic (exact) mass is 457 g/mol. The molecule has 1 fully saturated rings. The van der Waals surface area contributed by atoms with Crippen molar-refractivity contribution in [2.45, 2.75) is 11.8 Å². The van der Waals surface area contributed by atoms with E-state index in [2.05, 4.69) is 0 Å². The van der Waals surface area contributed by atoms with Crippen molar-refractivity contribution in [3.8, 4) is 0 Å². The van der Waals surface area contributed by atoms with E-state index < -0.39 is 14.9 Å². The van der Waals surface area contributed by atoms with Crippen molar-refractivity contribution in [2.75, 3.05) is 26.2 Å². The second kappa shape index (κ2) is 8.27. The Morgan fingerprint density at radius 3 is 2.38 bits per heavy atom. The van der Waals surface area contributed by atoms with E-state index in [1.807, 2.05) is 0 Å². The van der Waals surface area contributed by atoms with Crippen LogP contribution in [0.1, 0.15) is 15.9 Å². The molecule has 0 spiro atoms. The van der Waals surface area contributed by atoms with Crippen molar-refractivity contribution in [1.82, 2.24) is 9.21 Å². The number of nitro benzene ring substituents is 1. The zero-order chi connectivity index (χ0) is 21.3. The first-order valence-electron chi connectivity index (χ1n) is 8.61. The average molecular weight is 458 g/mol. The SMILES string of the molecule is Cc1ccc(C(=O)N2CCN(S(=O)(=O)c3cccc(Cl)c3Cl)CC2)cc1[N+](=O)[O-]. The lowest BCUT2D eigenvalue weighted by atomic mass is 10.1. The molecule has 11 heteroatoms. The number of halogens is 2. The average Bonchev–Trinajstić information content (AvgIpc) is 2.69. The molecular weight excluding hydrogens is 441 g/mol. The van der Waals surface area contributed by atoms with E-state index in [9.17, 15) is 23.3 Å². The zero-order valence-corrected chi connectivity index (χ0v) is 17.7. The van der Waals surface area contributed by atoms with Gasteiger partial charge in [0.05, 0.1) is 15.0 Å². The summed E-state index contributed by atoms with van der Waals surface area (Å²) in [6, 6.07) is 8.68. The highest BCUT2D eigenvalue weighted by Gasteiger charge is 2.32. The quantitative estimate of drug-likeness (QED) is 0.517. The molecule has 1 aliphatic rings. The van der Waals surface area contributed by atoms with E-state index in [0.717, 1.165) is 0 Å². The van der Waals surface area contributed by atoms with Crippen molar-refractivity contribution >= 4 is 44.8 Å². The van der Waals surface area contributed by atoms with Crippen molar-refractivity contribution in [3.63, 3.8) is 0 Å². The highest BCUT2D eigenvalue weighted by atomic mass is 35.5. The molecule has 1 amide bonds. The predicted molar refractivity (Wildman–Crippen MR) is 109 cm³/mol. The number of nitro groups is 1. The van der Waals surface area contributed by atoms with Crippen LogP contribution in [0.3, 0.4) is 0 Å². The smallest absolute Gasteiger partial charge is 0.273 e. The van der Waals surface area contributed by atoms with Crippen molar-refractivity contribution in [2.24, 2.45) is 0 Å². The second-order valence-electron chi connectivity index (χ2n) is 6.51. The van der Waals surface area contributed by atoms with Crippen LogP contribution in [-0.4, -0.2) is 54.6 Å².